The number of aliphatic hydroxyl groups is 1. The number of imidazole rings is 1. The number of benzene rings is 2. The molecule has 1 aliphatic rings. The van der Waals surface area contributed by atoms with Gasteiger partial charge in [0, 0.05) is 29.9 Å². The van der Waals surface area contributed by atoms with Crippen LogP contribution in [-0.2, 0) is 6.54 Å². The van der Waals surface area contributed by atoms with E-state index >= 15 is 0 Å². The number of anilines is 1. The van der Waals surface area contributed by atoms with Crippen LogP contribution in [-0.4, -0.2) is 28.1 Å². The molecule has 0 amide bonds. The highest BCUT2D eigenvalue weighted by Crippen LogP contribution is 2.37. The zero-order chi connectivity index (χ0) is 15.1. The van der Waals surface area contributed by atoms with E-state index in [1.54, 1.807) is 0 Å². The van der Waals surface area contributed by atoms with Gasteiger partial charge in [0.05, 0.1) is 17.6 Å². The summed E-state index contributed by atoms with van der Waals surface area (Å²) in [7, 11) is 0. The molecule has 3 N–H and O–H groups in total. The van der Waals surface area contributed by atoms with Gasteiger partial charge in [0.15, 0.2) is 11.5 Å². The third-order valence-electron chi connectivity index (χ3n) is 3.74. The first-order valence-corrected chi connectivity index (χ1v) is 7.03. The van der Waals surface area contributed by atoms with Crippen LogP contribution in [0, 0.1) is 0 Å². The van der Waals surface area contributed by atoms with Gasteiger partial charge in [-0.1, -0.05) is 0 Å². The maximum atomic E-state index is 9.38. The third-order valence-corrected chi connectivity index (χ3v) is 3.74. The van der Waals surface area contributed by atoms with E-state index in [2.05, 4.69) is 4.98 Å². The lowest BCUT2D eigenvalue weighted by Crippen LogP contribution is -2.04. The molecular weight excluding hydrogens is 282 g/mol. The van der Waals surface area contributed by atoms with E-state index in [1.165, 1.54) is 0 Å². The van der Waals surface area contributed by atoms with Crippen molar-refractivity contribution < 1.29 is 14.6 Å². The highest BCUT2D eigenvalue weighted by molar-refractivity contribution is 5.84. The lowest BCUT2D eigenvalue weighted by atomic mass is 10.2. The first kappa shape index (κ1) is 13.0. The number of nitrogen functional groups attached to an aromatic ring is 1. The molecular formula is C16H15N3O3. The third kappa shape index (κ3) is 1.96. The summed E-state index contributed by atoms with van der Waals surface area (Å²) in [5, 5.41) is 9.38. The number of fused-ring (bicyclic) bond motifs is 2. The number of hydrogen-bond donors (Lipinski definition) is 2. The zero-order valence-electron chi connectivity index (χ0n) is 11.8. The first-order chi connectivity index (χ1) is 10.8. The second-order valence-corrected chi connectivity index (χ2v) is 5.13. The smallest absolute Gasteiger partial charge is 0.231 e. The molecule has 2 heterocycles. The molecule has 1 aromatic heterocycles. The van der Waals surface area contributed by atoms with E-state index in [9.17, 15) is 5.11 Å². The van der Waals surface area contributed by atoms with Gasteiger partial charge in [0.25, 0.3) is 0 Å². The maximum Gasteiger partial charge on any atom is 0.231 e. The molecule has 0 radical (unpaired) electrons. The number of nitrogens with zero attached hydrogens (tertiary/aromatic N) is 2. The second-order valence-electron chi connectivity index (χ2n) is 5.13. The monoisotopic (exact) mass is 297 g/mol. The Labute approximate surface area is 126 Å². The van der Waals surface area contributed by atoms with Gasteiger partial charge in [-0.2, -0.15) is 0 Å². The molecule has 0 fully saturated rings. The summed E-state index contributed by atoms with van der Waals surface area (Å²) in [6.45, 7) is 0.713. The van der Waals surface area contributed by atoms with Crippen molar-refractivity contribution in [1.29, 1.82) is 0 Å². The molecule has 2 aromatic carbocycles. The fourth-order valence-corrected chi connectivity index (χ4v) is 2.69. The van der Waals surface area contributed by atoms with Gasteiger partial charge < -0.3 is 24.9 Å². The fraction of sp³-hybridized carbons (Fsp3) is 0.188. The number of rotatable bonds is 3. The molecule has 4 rings (SSSR count). The van der Waals surface area contributed by atoms with Gasteiger partial charge in [-0.25, -0.2) is 4.98 Å². The molecule has 0 unspecified atom stereocenters. The summed E-state index contributed by atoms with van der Waals surface area (Å²) in [6, 6.07) is 11.3. The van der Waals surface area contributed by atoms with Crippen molar-refractivity contribution in [2.45, 2.75) is 6.54 Å². The van der Waals surface area contributed by atoms with E-state index in [-0.39, 0.29) is 13.4 Å². The molecule has 0 saturated carbocycles. The van der Waals surface area contributed by atoms with Gasteiger partial charge in [-0.3, -0.25) is 0 Å². The first-order valence-electron chi connectivity index (χ1n) is 7.03. The minimum Gasteiger partial charge on any atom is -0.454 e. The molecule has 6 heteroatoms. The average molecular weight is 297 g/mol. The number of nitrogens with two attached hydrogens (primary N) is 1. The normalized spacial score (nSPS) is 13.0. The Balaban J connectivity index is 1.93. The van der Waals surface area contributed by atoms with E-state index in [0.29, 0.717) is 23.7 Å². The highest BCUT2D eigenvalue weighted by atomic mass is 16.7. The van der Waals surface area contributed by atoms with Crippen molar-refractivity contribution in [3.63, 3.8) is 0 Å². The molecule has 0 saturated heterocycles. The molecule has 3 aromatic rings. The van der Waals surface area contributed by atoms with E-state index in [1.807, 2.05) is 41.0 Å². The molecule has 112 valence electrons. The van der Waals surface area contributed by atoms with Crippen LogP contribution in [0.2, 0.25) is 0 Å². The highest BCUT2D eigenvalue weighted by Gasteiger charge is 2.19. The summed E-state index contributed by atoms with van der Waals surface area (Å²) < 4.78 is 12.8. The molecule has 1 aliphatic heterocycles. The molecule has 0 bridgehead atoms. The Morgan fingerprint density at radius 2 is 1.86 bits per heavy atom. The Hall–Kier alpha value is -2.73. The molecule has 22 heavy (non-hydrogen) atoms. The van der Waals surface area contributed by atoms with Gasteiger partial charge in [-0.05, 0) is 24.3 Å². The van der Waals surface area contributed by atoms with Crippen molar-refractivity contribution in [3.05, 3.63) is 36.4 Å². The van der Waals surface area contributed by atoms with Crippen molar-refractivity contribution in [3.8, 4) is 22.9 Å². The largest absolute Gasteiger partial charge is 0.454 e. The van der Waals surface area contributed by atoms with Crippen LogP contribution < -0.4 is 15.2 Å². The topological polar surface area (TPSA) is 82.5 Å². The van der Waals surface area contributed by atoms with Crippen molar-refractivity contribution in [2.75, 3.05) is 19.1 Å². The van der Waals surface area contributed by atoms with Crippen LogP contribution in [0.5, 0.6) is 11.5 Å². The minimum absolute atomic E-state index is 0.0296. The minimum atomic E-state index is 0.0296. The van der Waals surface area contributed by atoms with E-state index < -0.39 is 0 Å². The number of hydrogen-bond acceptors (Lipinski definition) is 5. The zero-order valence-corrected chi connectivity index (χ0v) is 11.8. The lowest BCUT2D eigenvalue weighted by molar-refractivity contribution is 0.174. The quantitative estimate of drug-likeness (QED) is 0.723. The van der Waals surface area contributed by atoms with Crippen LogP contribution in [0.4, 0.5) is 5.69 Å². The van der Waals surface area contributed by atoms with Crippen molar-refractivity contribution >= 4 is 16.7 Å². The van der Waals surface area contributed by atoms with Crippen LogP contribution in [0.15, 0.2) is 36.4 Å². The number of aliphatic hydroxyl groups excluding tert-OH is 1. The van der Waals surface area contributed by atoms with Crippen LogP contribution >= 0.6 is 0 Å². The van der Waals surface area contributed by atoms with Crippen LogP contribution in [0.3, 0.4) is 0 Å². The van der Waals surface area contributed by atoms with E-state index in [0.717, 1.165) is 22.4 Å². The van der Waals surface area contributed by atoms with Gasteiger partial charge in [0.2, 0.25) is 6.79 Å². The summed E-state index contributed by atoms with van der Waals surface area (Å²) in [5.41, 5.74) is 9.11. The Morgan fingerprint density at radius 3 is 2.59 bits per heavy atom. The standard InChI is InChI=1S/C16H15N3O3/c17-11-3-1-10(2-4-11)16-18-12-7-14-15(22-9-21-14)8-13(12)19(16)5-6-20/h1-4,7-8,20H,5-6,9,17H2. The molecule has 0 aliphatic carbocycles. The van der Waals surface area contributed by atoms with Gasteiger partial charge >= 0.3 is 0 Å². The van der Waals surface area contributed by atoms with Crippen LogP contribution in [0.25, 0.3) is 22.4 Å². The molecule has 0 atom stereocenters. The fourth-order valence-electron chi connectivity index (χ4n) is 2.69. The Kier molecular flexibility index (Phi) is 2.90. The van der Waals surface area contributed by atoms with Crippen molar-refractivity contribution in [1.82, 2.24) is 9.55 Å². The van der Waals surface area contributed by atoms with Crippen LogP contribution in [0.1, 0.15) is 0 Å². The molecule has 0 spiro atoms. The van der Waals surface area contributed by atoms with Gasteiger partial charge in [-0.15, -0.1) is 0 Å². The number of aromatic nitrogens is 2. The summed E-state index contributed by atoms with van der Waals surface area (Å²) in [5.74, 6) is 2.19. The number of ether oxygens (including phenoxy) is 2. The summed E-state index contributed by atoms with van der Waals surface area (Å²) >= 11 is 0. The van der Waals surface area contributed by atoms with Crippen molar-refractivity contribution in [2.24, 2.45) is 0 Å². The summed E-state index contributed by atoms with van der Waals surface area (Å²) in [6.07, 6.45) is 0. The second kappa shape index (κ2) is 4.92. The predicted octanol–water partition coefficient (Wildman–Crippen LogP) is 2.01. The predicted molar refractivity (Wildman–Crippen MR) is 82.8 cm³/mol. The Morgan fingerprint density at radius 1 is 1.14 bits per heavy atom. The SMILES string of the molecule is Nc1ccc(-c2nc3cc4c(cc3n2CCO)OCO4)cc1. The maximum absolute atomic E-state index is 9.38. The van der Waals surface area contributed by atoms with E-state index in [4.69, 9.17) is 15.2 Å². The summed E-state index contributed by atoms with van der Waals surface area (Å²) in [4.78, 5) is 4.68. The lowest BCUT2D eigenvalue weighted by Gasteiger charge is -2.08. The average Bonchev–Trinajstić information content (AvgIpc) is 3.11. The van der Waals surface area contributed by atoms with Gasteiger partial charge in [0.1, 0.15) is 5.82 Å². The Bertz CT molecular complexity index is 840. The molecule has 6 nitrogen and oxygen atoms in total.